The van der Waals surface area contributed by atoms with Crippen molar-refractivity contribution in [3.8, 4) is 28.3 Å². The number of rotatable bonds is 6. The smallest absolute Gasteiger partial charge is 0.241 e. The molecule has 1 amide bonds. The number of methoxy groups -OCH3 is 1. The predicted octanol–water partition coefficient (Wildman–Crippen LogP) is 3.59. The lowest BCUT2D eigenvalue weighted by atomic mass is 10.0. The van der Waals surface area contributed by atoms with E-state index in [9.17, 15) is 4.79 Å². The van der Waals surface area contributed by atoms with Crippen molar-refractivity contribution in [3.63, 3.8) is 0 Å². The van der Waals surface area contributed by atoms with Crippen LogP contribution in [0.2, 0.25) is 0 Å². The van der Waals surface area contributed by atoms with Gasteiger partial charge in [0.25, 0.3) is 0 Å². The second-order valence-corrected chi connectivity index (χ2v) is 7.85. The fraction of sp³-hybridized carbons (Fsp3) is 0.250. The number of ether oxygens (including phenoxy) is 1. The van der Waals surface area contributed by atoms with Gasteiger partial charge < -0.3 is 10.1 Å². The summed E-state index contributed by atoms with van der Waals surface area (Å²) in [5, 5.41) is 8.45. The van der Waals surface area contributed by atoms with Crippen LogP contribution in [0, 0.1) is 0 Å². The molecule has 4 rings (SSSR count). The van der Waals surface area contributed by atoms with Crippen molar-refractivity contribution in [2.45, 2.75) is 13.0 Å². The highest BCUT2D eigenvalue weighted by Gasteiger charge is 2.20. The molecule has 0 unspecified atom stereocenters. The molecular weight excluding hydrogens is 404 g/mol. The van der Waals surface area contributed by atoms with Crippen molar-refractivity contribution in [3.05, 3.63) is 55.0 Å². The van der Waals surface area contributed by atoms with E-state index in [1.807, 2.05) is 81.6 Å². The number of aryl methyl sites for hydroxylation is 1. The van der Waals surface area contributed by atoms with Gasteiger partial charge in [0.2, 0.25) is 5.91 Å². The minimum absolute atomic E-state index is 0.127. The van der Waals surface area contributed by atoms with E-state index in [0.29, 0.717) is 17.0 Å². The van der Waals surface area contributed by atoms with Crippen LogP contribution in [0.5, 0.6) is 5.75 Å². The van der Waals surface area contributed by atoms with E-state index in [1.165, 1.54) is 6.33 Å². The number of amides is 1. The number of fused-ring (bicyclic) bond motifs is 1. The van der Waals surface area contributed by atoms with Gasteiger partial charge in [-0.1, -0.05) is 30.3 Å². The topological polar surface area (TPSA) is 85.2 Å². The summed E-state index contributed by atoms with van der Waals surface area (Å²) >= 11 is 0. The van der Waals surface area contributed by atoms with Crippen LogP contribution in [-0.4, -0.2) is 57.8 Å². The second-order valence-electron chi connectivity index (χ2n) is 7.85. The van der Waals surface area contributed by atoms with Crippen LogP contribution >= 0.6 is 0 Å². The molecule has 0 aliphatic carbocycles. The molecule has 4 aromatic rings. The highest BCUT2D eigenvalue weighted by molar-refractivity contribution is 6.02. The summed E-state index contributed by atoms with van der Waals surface area (Å²) in [5.41, 5.74) is 4.73. The first-order valence-electron chi connectivity index (χ1n) is 10.3. The molecule has 0 aliphatic rings. The van der Waals surface area contributed by atoms with E-state index in [1.54, 1.807) is 11.8 Å². The lowest BCUT2D eigenvalue weighted by molar-refractivity contribution is -0.119. The summed E-state index contributed by atoms with van der Waals surface area (Å²) in [6.45, 7) is 1.85. The van der Waals surface area contributed by atoms with E-state index in [4.69, 9.17) is 4.74 Å². The summed E-state index contributed by atoms with van der Waals surface area (Å²) in [6.07, 6.45) is 3.48. The molecule has 0 saturated carbocycles. The molecule has 0 spiro atoms. The van der Waals surface area contributed by atoms with Gasteiger partial charge in [-0.15, -0.1) is 0 Å². The number of nitrogens with zero attached hydrogens (tertiary/aromatic N) is 5. The number of likely N-dealkylation sites (N-methyl/N-ethyl adjacent to an activating group) is 1. The summed E-state index contributed by atoms with van der Waals surface area (Å²) in [4.78, 5) is 23.6. The first-order chi connectivity index (χ1) is 15.4. The maximum Gasteiger partial charge on any atom is 0.241 e. The average Bonchev–Trinajstić information content (AvgIpc) is 3.19. The third kappa shape index (κ3) is 4.04. The molecule has 164 valence electrons. The quantitative estimate of drug-likeness (QED) is 0.503. The van der Waals surface area contributed by atoms with Crippen molar-refractivity contribution in [1.82, 2.24) is 24.6 Å². The zero-order valence-corrected chi connectivity index (χ0v) is 18.8. The molecule has 8 heteroatoms. The number of hydrogen-bond acceptors (Lipinski definition) is 6. The van der Waals surface area contributed by atoms with Crippen LogP contribution < -0.4 is 10.1 Å². The molecule has 1 N–H and O–H groups in total. The van der Waals surface area contributed by atoms with Crippen LogP contribution in [0.15, 0.2) is 55.0 Å². The molecule has 0 saturated heterocycles. The van der Waals surface area contributed by atoms with Crippen LogP contribution in [0.3, 0.4) is 0 Å². The third-order valence-corrected chi connectivity index (χ3v) is 5.50. The monoisotopic (exact) mass is 430 g/mol. The fourth-order valence-corrected chi connectivity index (χ4v) is 3.51. The predicted molar refractivity (Wildman–Crippen MR) is 126 cm³/mol. The van der Waals surface area contributed by atoms with Gasteiger partial charge >= 0.3 is 0 Å². The molecule has 1 atom stereocenters. The van der Waals surface area contributed by atoms with Crippen LogP contribution in [0.25, 0.3) is 33.4 Å². The lowest BCUT2D eigenvalue weighted by Gasteiger charge is -2.20. The molecule has 2 aromatic carbocycles. The third-order valence-electron chi connectivity index (χ3n) is 5.50. The Bertz CT molecular complexity index is 1270. The van der Waals surface area contributed by atoms with E-state index in [0.717, 1.165) is 27.9 Å². The largest absolute Gasteiger partial charge is 0.494 e. The Kier molecular flexibility index (Phi) is 5.87. The Balaban J connectivity index is 1.87. The summed E-state index contributed by atoms with van der Waals surface area (Å²) in [6, 6.07) is 13.4. The average molecular weight is 431 g/mol. The normalized spacial score (nSPS) is 12.2. The van der Waals surface area contributed by atoms with E-state index >= 15 is 0 Å². The zero-order chi connectivity index (χ0) is 22.8. The molecule has 2 heterocycles. The van der Waals surface area contributed by atoms with Crippen molar-refractivity contribution >= 4 is 22.5 Å². The standard InChI is InChI=1S/C24H26N6O2/c1-15(29(2)3)24(31)27-20-11-17-19(12-21(20)32-5)25-14-26-23(17)18-13-30(4)28-22(18)16-9-7-6-8-10-16/h6-15H,1-5H3,(H,27,31)/t15-/m0/s1. The minimum Gasteiger partial charge on any atom is -0.494 e. The van der Waals surface area contributed by atoms with Crippen molar-refractivity contribution < 1.29 is 9.53 Å². The zero-order valence-electron chi connectivity index (χ0n) is 18.8. The SMILES string of the molecule is COc1cc2ncnc(-c3cn(C)nc3-c3ccccc3)c2cc1NC(=O)[C@H](C)N(C)C. The van der Waals surface area contributed by atoms with E-state index in [-0.39, 0.29) is 11.9 Å². The molecular formula is C24H26N6O2. The number of anilines is 1. The van der Waals surface area contributed by atoms with Crippen LogP contribution in [0.1, 0.15) is 6.92 Å². The van der Waals surface area contributed by atoms with Gasteiger partial charge in [-0.3, -0.25) is 14.4 Å². The van der Waals surface area contributed by atoms with Crippen molar-refractivity contribution in [2.24, 2.45) is 7.05 Å². The second kappa shape index (κ2) is 8.76. The summed E-state index contributed by atoms with van der Waals surface area (Å²) < 4.78 is 7.31. The van der Waals surface area contributed by atoms with E-state index < -0.39 is 0 Å². The Morgan fingerprint density at radius 3 is 2.56 bits per heavy atom. The number of carbonyl (C=O) groups is 1. The number of benzene rings is 2. The van der Waals surface area contributed by atoms with Gasteiger partial charge in [0, 0.05) is 35.8 Å². The summed E-state index contributed by atoms with van der Waals surface area (Å²) in [5.74, 6) is 0.410. The number of aromatic nitrogens is 4. The molecule has 32 heavy (non-hydrogen) atoms. The molecule has 0 aliphatic heterocycles. The van der Waals surface area contributed by atoms with Gasteiger partial charge in [0.05, 0.1) is 30.0 Å². The van der Waals surface area contributed by atoms with Gasteiger partial charge in [0.1, 0.15) is 17.8 Å². The van der Waals surface area contributed by atoms with Gasteiger partial charge in [-0.05, 0) is 27.1 Å². The highest BCUT2D eigenvalue weighted by Crippen LogP contribution is 2.37. The van der Waals surface area contributed by atoms with Crippen molar-refractivity contribution in [1.29, 1.82) is 0 Å². The van der Waals surface area contributed by atoms with Crippen LogP contribution in [0.4, 0.5) is 5.69 Å². The maximum atomic E-state index is 12.7. The minimum atomic E-state index is -0.301. The van der Waals surface area contributed by atoms with E-state index in [2.05, 4.69) is 20.4 Å². The van der Waals surface area contributed by atoms with Gasteiger partial charge in [0.15, 0.2) is 0 Å². The number of nitrogens with one attached hydrogen (secondary N) is 1. The Labute approximate surface area is 186 Å². The lowest BCUT2D eigenvalue weighted by Crippen LogP contribution is -2.37. The molecule has 0 radical (unpaired) electrons. The molecule has 8 nitrogen and oxygen atoms in total. The molecule has 0 fully saturated rings. The highest BCUT2D eigenvalue weighted by atomic mass is 16.5. The first kappa shape index (κ1) is 21.5. The maximum absolute atomic E-state index is 12.7. The van der Waals surface area contributed by atoms with Crippen LogP contribution in [-0.2, 0) is 11.8 Å². The fourth-order valence-electron chi connectivity index (χ4n) is 3.51. The molecule has 0 bridgehead atoms. The Morgan fingerprint density at radius 2 is 1.88 bits per heavy atom. The Morgan fingerprint density at radius 1 is 1.12 bits per heavy atom. The number of carbonyl (C=O) groups excluding carboxylic acids is 1. The van der Waals surface area contributed by atoms with Crippen molar-refractivity contribution in [2.75, 3.05) is 26.5 Å². The van der Waals surface area contributed by atoms with Gasteiger partial charge in [-0.25, -0.2) is 9.97 Å². The first-order valence-corrected chi connectivity index (χ1v) is 10.3. The van der Waals surface area contributed by atoms with Gasteiger partial charge in [-0.2, -0.15) is 5.10 Å². The Hall–Kier alpha value is -3.78. The number of hydrogen-bond donors (Lipinski definition) is 1. The summed E-state index contributed by atoms with van der Waals surface area (Å²) in [7, 11) is 7.18. The molecule has 2 aromatic heterocycles.